The zero-order chi connectivity index (χ0) is 18.4. The highest BCUT2D eigenvalue weighted by atomic mass is 35.5. The van der Waals surface area contributed by atoms with Crippen LogP contribution in [-0.4, -0.2) is 24.2 Å². The quantitative estimate of drug-likeness (QED) is 0.596. The van der Waals surface area contributed by atoms with Crippen molar-refractivity contribution in [2.75, 3.05) is 17.7 Å². The highest BCUT2D eigenvalue weighted by Gasteiger charge is 2.11. The van der Waals surface area contributed by atoms with Gasteiger partial charge in [-0.1, -0.05) is 29.3 Å². The summed E-state index contributed by atoms with van der Waals surface area (Å²) in [5.74, 6) is -1.70. The van der Waals surface area contributed by atoms with Crippen LogP contribution in [0.5, 0.6) is 0 Å². The van der Waals surface area contributed by atoms with Gasteiger partial charge in [0, 0.05) is 9.92 Å². The van der Waals surface area contributed by atoms with Crippen LogP contribution in [0.15, 0.2) is 41.3 Å². The van der Waals surface area contributed by atoms with Crippen LogP contribution < -0.4 is 5.32 Å². The Morgan fingerprint density at radius 1 is 1.20 bits per heavy atom. The van der Waals surface area contributed by atoms with Gasteiger partial charge in [-0.2, -0.15) is 0 Å². The maximum absolute atomic E-state index is 13.6. The Balaban J connectivity index is 1.79. The van der Waals surface area contributed by atoms with Gasteiger partial charge in [0.1, 0.15) is 5.82 Å². The highest BCUT2D eigenvalue weighted by Crippen LogP contribution is 2.23. The smallest absolute Gasteiger partial charge is 0.316 e. The number of carbonyl (C=O) groups excluding carboxylic acids is 2. The Morgan fingerprint density at radius 2 is 1.96 bits per heavy atom. The second-order valence-corrected chi connectivity index (χ2v) is 6.84. The van der Waals surface area contributed by atoms with E-state index in [-0.39, 0.29) is 16.5 Å². The first-order chi connectivity index (χ1) is 11.8. The van der Waals surface area contributed by atoms with Crippen molar-refractivity contribution in [3.8, 4) is 0 Å². The molecule has 7 heteroatoms. The number of rotatable bonds is 6. The number of aryl methyl sites for hydroxylation is 2. The van der Waals surface area contributed by atoms with Crippen molar-refractivity contribution in [2.24, 2.45) is 0 Å². The normalized spacial score (nSPS) is 10.4. The molecule has 0 heterocycles. The van der Waals surface area contributed by atoms with Gasteiger partial charge in [0.05, 0.1) is 11.4 Å². The van der Waals surface area contributed by atoms with Gasteiger partial charge >= 0.3 is 5.97 Å². The van der Waals surface area contributed by atoms with Gasteiger partial charge in [0.15, 0.2) is 6.61 Å². The SMILES string of the molecule is Cc1ccc(C)c(SCC(=O)OCC(=O)Nc2ccc(Cl)cc2F)c1. The number of amides is 1. The lowest BCUT2D eigenvalue weighted by atomic mass is 10.2. The van der Waals surface area contributed by atoms with E-state index in [0.717, 1.165) is 22.1 Å². The largest absolute Gasteiger partial charge is 0.455 e. The van der Waals surface area contributed by atoms with E-state index in [1.54, 1.807) is 0 Å². The molecule has 2 rings (SSSR count). The van der Waals surface area contributed by atoms with Gasteiger partial charge in [0.2, 0.25) is 0 Å². The van der Waals surface area contributed by atoms with Crippen LogP contribution in [0.4, 0.5) is 10.1 Å². The summed E-state index contributed by atoms with van der Waals surface area (Å²) in [6, 6.07) is 9.85. The molecule has 1 N–H and O–H groups in total. The predicted molar refractivity (Wildman–Crippen MR) is 97.6 cm³/mol. The first-order valence-electron chi connectivity index (χ1n) is 7.45. The van der Waals surface area contributed by atoms with Gasteiger partial charge in [-0.15, -0.1) is 11.8 Å². The zero-order valence-electron chi connectivity index (χ0n) is 13.8. The zero-order valence-corrected chi connectivity index (χ0v) is 15.3. The van der Waals surface area contributed by atoms with Crippen molar-refractivity contribution in [3.63, 3.8) is 0 Å². The Morgan fingerprint density at radius 3 is 2.68 bits per heavy atom. The lowest BCUT2D eigenvalue weighted by Gasteiger charge is -2.09. The predicted octanol–water partition coefficient (Wildman–Crippen LogP) is 4.37. The molecule has 0 aliphatic heterocycles. The third kappa shape index (κ3) is 6.07. The first-order valence-corrected chi connectivity index (χ1v) is 8.82. The Labute approximate surface area is 154 Å². The lowest BCUT2D eigenvalue weighted by molar-refractivity contribution is -0.144. The minimum Gasteiger partial charge on any atom is -0.455 e. The summed E-state index contributed by atoms with van der Waals surface area (Å²) in [4.78, 5) is 24.5. The molecule has 4 nitrogen and oxygen atoms in total. The molecule has 2 aromatic carbocycles. The number of anilines is 1. The molecule has 2 aromatic rings. The van der Waals surface area contributed by atoms with E-state index in [0.29, 0.717) is 0 Å². The van der Waals surface area contributed by atoms with E-state index in [1.165, 1.54) is 23.9 Å². The summed E-state index contributed by atoms with van der Waals surface area (Å²) in [6.45, 7) is 3.46. The van der Waals surface area contributed by atoms with Crippen LogP contribution in [-0.2, 0) is 14.3 Å². The molecule has 0 spiro atoms. The number of hydrogen-bond acceptors (Lipinski definition) is 4. The van der Waals surface area contributed by atoms with E-state index in [9.17, 15) is 14.0 Å². The van der Waals surface area contributed by atoms with E-state index in [1.807, 2.05) is 32.0 Å². The lowest BCUT2D eigenvalue weighted by Crippen LogP contribution is -2.22. The summed E-state index contributed by atoms with van der Waals surface area (Å²) in [5.41, 5.74) is 2.15. The molecule has 0 radical (unpaired) electrons. The van der Waals surface area contributed by atoms with Crippen molar-refractivity contribution >= 4 is 40.9 Å². The van der Waals surface area contributed by atoms with E-state index in [2.05, 4.69) is 5.32 Å². The molecule has 0 bridgehead atoms. The van der Waals surface area contributed by atoms with Crippen LogP contribution in [0.25, 0.3) is 0 Å². The van der Waals surface area contributed by atoms with Crippen LogP contribution in [0.1, 0.15) is 11.1 Å². The number of ether oxygens (including phenoxy) is 1. The topological polar surface area (TPSA) is 55.4 Å². The number of halogens is 2. The van der Waals surface area contributed by atoms with Crippen LogP contribution in [0.2, 0.25) is 5.02 Å². The molecular weight excluding hydrogens is 365 g/mol. The number of esters is 1. The van der Waals surface area contributed by atoms with Gasteiger partial charge in [-0.05, 0) is 43.7 Å². The minimum absolute atomic E-state index is 0.0183. The van der Waals surface area contributed by atoms with E-state index < -0.39 is 24.3 Å². The minimum atomic E-state index is -0.655. The molecule has 1 amide bonds. The molecule has 0 aliphatic rings. The molecule has 0 saturated carbocycles. The van der Waals surface area contributed by atoms with Crippen LogP contribution in [0.3, 0.4) is 0 Å². The van der Waals surface area contributed by atoms with E-state index in [4.69, 9.17) is 16.3 Å². The van der Waals surface area contributed by atoms with E-state index >= 15 is 0 Å². The average molecular weight is 382 g/mol. The second kappa shape index (κ2) is 8.87. The van der Waals surface area contributed by atoms with Gasteiger partial charge < -0.3 is 10.1 Å². The molecule has 0 saturated heterocycles. The molecule has 132 valence electrons. The molecule has 0 aromatic heterocycles. The van der Waals surface area contributed by atoms with Crippen molar-refractivity contribution in [3.05, 3.63) is 58.4 Å². The second-order valence-electron chi connectivity index (χ2n) is 5.39. The third-order valence-electron chi connectivity index (χ3n) is 3.26. The number of thioether (sulfide) groups is 1. The summed E-state index contributed by atoms with van der Waals surface area (Å²) in [6.07, 6.45) is 0. The monoisotopic (exact) mass is 381 g/mol. The molecule has 0 atom stereocenters. The summed E-state index contributed by atoms with van der Waals surface area (Å²) >= 11 is 6.99. The van der Waals surface area contributed by atoms with Crippen molar-refractivity contribution in [1.29, 1.82) is 0 Å². The number of nitrogens with one attached hydrogen (secondary N) is 1. The maximum atomic E-state index is 13.6. The third-order valence-corrected chi connectivity index (χ3v) is 4.62. The molecule has 0 fully saturated rings. The summed E-state index contributed by atoms with van der Waals surface area (Å²) < 4.78 is 18.5. The number of benzene rings is 2. The number of carbonyl (C=O) groups is 2. The fourth-order valence-corrected chi connectivity index (χ4v) is 3.04. The fourth-order valence-electron chi connectivity index (χ4n) is 1.96. The Kier molecular flexibility index (Phi) is 6.84. The van der Waals surface area contributed by atoms with Gasteiger partial charge in [-0.25, -0.2) is 4.39 Å². The molecule has 0 aliphatic carbocycles. The fraction of sp³-hybridized carbons (Fsp3) is 0.222. The van der Waals surface area contributed by atoms with Crippen molar-refractivity contribution in [1.82, 2.24) is 0 Å². The molecule has 0 unspecified atom stereocenters. The van der Waals surface area contributed by atoms with Crippen molar-refractivity contribution in [2.45, 2.75) is 18.7 Å². The standard InChI is InChI=1S/C18H17ClFNO3S/c1-11-3-4-12(2)16(7-11)25-10-18(23)24-9-17(22)21-15-6-5-13(19)8-14(15)20/h3-8H,9-10H2,1-2H3,(H,21,22). The molecular formula is C18H17ClFNO3S. The summed E-state index contributed by atoms with van der Waals surface area (Å²) in [7, 11) is 0. The molecule has 25 heavy (non-hydrogen) atoms. The Hall–Kier alpha value is -2.05. The summed E-state index contributed by atoms with van der Waals surface area (Å²) in [5, 5.41) is 2.55. The maximum Gasteiger partial charge on any atom is 0.316 e. The first kappa shape index (κ1) is 19.3. The highest BCUT2D eigenvalue weighted by molar-refractivity contribution is 8.00. The van der Waals surface area contributed by atoms with Gasteiger partial charge in [-0.3, -0.25) is 9.59 Å². The van der Waals surface area contributed by atoms with Crippen LogP contribution >= 0.6 is 23.4 Å². The van der Waals surface area contributed by atoms with Crippen molar-refractivity contribution < 1.29 is 18.7 Å². The van der Waals surface area contributed by atoms with Gasteiger partial charge in [0.25, 0.3) is 5.91 Å². The Bertz CT molecular complexity index is 798. The van der Waals surface area contributed by atoms with Crippen LogP contribution in [0, 0.1) is 19.7 Å². The number of hydrogen-bond donors (Lipinski definition) is 1. The average Bonchev–Trinajstić information content (AvgIpc) is 2.56.